The van der Waals surface area contributed by atoms with Crippen LogP contribution in [0.4, 0.5) is 0 Å². The van der Waals surface area contributed by atoms with Crippen molar-refractivity contribution in [3.05, 3.63) is 0 Å². The van der Waals surface area contributed by atoms with Crippen LogP contribution in [0, 0.1) is 0 Å². The SMILES string of the molecule is CCCCCCCCCN(C)C(=O)CCCCCCCN(CCO)CCCCCCCC. The fourth-order valence-electron chi connectivity index (χ4n) is 4.36. The summed E-state index contributed by atoms with van der Waals surface area (Å²) < 4.78 is 0. The second kappa shape index (κ2) is 25.0. The Morgan fingerprint density at radius 1 is 0.562 bits per heavy atom. The Hall–Kier alpha value is -0.610. The lowest BCUT2D eigenvalue weighted by Crippen LogP contribution is -2.29. The molecule has 0 spiro atoms. The van der Waals surface area contributed by atoms with E-state index in [1.54, 1.807) is 0 Å². The van der Waals surface area contributed by atoms with Crippen molar-refractivity contribution < 1.29 is 9.90 Å². The molecule has 0 saturated heterocycles. The van der Waals surface area contributed by atoms with Gasteiger partial charge in [0.25, 0.3) is 0 Å². The molecule has 0 aromatic carbocycles. The van der Waals surface area contributed by atoms with Crippen molar-refractivity contribution in [1.29, 1.82) is 0 Å². The Labute approximate surface area is 201 Å². The van der Waals surface area contributed by atoms with E-state index >= 15 is 0 Å². The minimum absolute atomic E-state index is 0.268. The Bertz CT molecular complexity index is 390. The minimum Gasteiger partial charge on any atom is -0.395 e. The number of aliphatic hydroxyl groups excluding tert-OH is 1. The second-order valence-corrected chi connectivity index (χ2v) is 9.79. The van der Waals surface area contributed by atoms with Crippen molar-refractivity contribution >= 4 is 5.91 Å². The maximum absolute atomic E-state index is 12.3. The zero-order valence-corrected chi connectivity index (χ0v) is 22.2. The van der Waals surface area contributed by atoms with E-state index in [0.717, 1.165) is 45.4 Å². The third kappa shape index (κ3) is 21.2. The first kappa shape index (κ1) is 31.4. The zero-order valence-electron chi connectivity index (χ0n) is 22.2. The fourth-order valence-corrected chi connectivity index (χ4v) is 4.36. The van der Waals surface area contributed by atoms with Crippen LogP contribution in [-0.2, 0) is 4.79 Å². The molecule has 192 valence electrons. The molecule has 1 amide bonds. The van der Waals surface area contributed by atoms with Gasteiger partial charge in [0.05, 0.1) is 6.61 Å². The number of rotatable bonds is 25. The maximum Gasteiger partial charge on any atom is 0.222 e. The predicted molar refractivity (Wildman–Crippen MR) is 140 cm³/mol. The lowest BCUT2D eigenvalue weighted by Gasteiger charge is -2.21. The van der Waals surface area contributed by atoms with E-state index in [9.17, 15) is 9.90 Å². The summed E-state index contributed by atoms with van der Waals surface area (Å²) >= 11 is 0. The lowest BCUT2D eigenvalue weighted by atomic mass is 10.1. The highest BCUT2D eigenvalue weighted by Crippen LogP contribution is 2.11. The van der Waals surface area contributed by atoms with Crippen molar-refractivity contribution in [3.63, 3.8) is 0 Å². The van der Waals surface area contributed by atoms with Crippen LogP contribution in [0.15, 0.2) is 0 Å². The number of hydrogen-bond donors (Lipinski definition) is 1. The van der Waals surface area contributed by atoms with Crippen molar-refractivity contribution in [2.24, 2.45) is 0 Å². The predicted octanol–water partition coefficient (Wildman–Crippen LogP) is 7.19. The first-order valence-corrected chi connectivity index (χ1v) is 14.2. The normalized spacial score (nSPS) is 11.4. The summed E-state index contributed by atoms with van der Waals surface area (Å²) in [5.74, 6) is 0.323. The number of carbonyl (C=O) groups excluding carboxylic acids is 1. The topological polar surface area (TPSA) is 43.8 Å². The summed E-state index contributed by atoms with van der Waals surface area (Å²) in [5.41, 5.74) is 0. The van der Waals surface area contributed by atoms with Crippen molar-refractivity contribution in [1.82, 2.24) is 9.80 Å². The molecule has 0 atom stereocenters. The van der Waals surface area contributed by atoms with Crippen molar-refractivity contribution in [2.45, 2.75) is 136 Å². The molecule has 32 heavy (non-hydrogen) atoms. The molecule has 0 bridgehead atoms. The van der Waals surface area contributed by atoms with Crippen LogP contribution >= 0.6 is 0 Å². The van der Waals surface area contributed by atoms with Crippen LogP contribution in [0.5, 0.6) is 0 Å². The van der Waals surface area contributed by atoms with Gasteiger partial charge in [0.1, 0.15) is 0 Å². The van der Waals surface area contributed by atoms with E-state index in [4.69, 9.17) is 0 Å². The molecule has 0 fully saturated rings. The molecule has 0 heterocycles. The molecule has 4 heteroatoms. The number of unbranched alkanes of at least 4 members (excludes halogenated alkanes) is 15. The quantitative estimate of drug-likeness (QED) is 0.148. The van der Waals surface area contributed by atoms with Gasteiger partial charge in [-0.2, -0.15) is 0 Å². The van der Waals surface area contributed by atoms with Crippen LogP contribution in [0.25, 0.3) is 0 Å². The molecule has 0 aromatic heterocycles. The average molecular weight is 455 g/mol. The highest BCUT2D eigenvalue weighted by molar-refractivity contribution is 5.75. The summed E-state index contributed by atoms with van der Waals surface area (Å²) in [6, 6.07) is 0. The van der Waals surface area contributed by atoms with Gasteiger partial charge in [-0.25, -0.2) is 0 Å². The third-order valence-corrected chi connectivity index (χ3v) is 6.63. The Balaban J connectivity index is 3.60. The number of aliphatic hydroxyl groups is 1. The van der Waals surface area contributed by atoms with Gasteiger partial charge in [-0.3, -0.25) is 4.79 Å². The molecule has 0 aliphatic carbocycles. The Morgan fingerprint density at radius 2 is 0.969 bits per heavy atom. The molecule has 0 aliphatic heterocycles. The molecule has 0 aromatic rings. The van der Waals surface area contributed by atoms with Gasteiger partial charge in [-0.15, -0.1) is 0 Å². The van der Waals surface area contributed by atoms with Crippen LogP contribution in [0.3, 0.4) is 0 Å². The number of hydrogen-bond acceptors (Lipinski definition) is 3. The molecule has 0 aliphatic rings. The highest BCUT2D eigenvalue weighted by atomic mass is 16.3. The molecule has 4 nitrogen and oxygen atoms in total. The van der Waals surface area contributed by atoms with Gasteiger partial charge in [-0.05, 0) is 38.8 Å². The van der Waals surface area contributed by atoms with Gasteiger partial charge in [0.15, 0.2) is 0 Å². The molecule has 0 saturated carbocycles. The summed E-state index contributed by atoms with van der Waals surface area (Å²) in [5, 5.41) is 9.31. The molecule has 0 radical (unpaired) electrons. The smallest absolute Gasteiger partial charge is 0.222 e. The first-order chi connectivity index (χ1) is 15.7. The third-order valence-electron chi connectivity index (χ3n) is 6.63. The van der Waals surface area contributed by atoms with Crippen LogP contribution in [-0.4, -0.2) is 60.6 Å². The van der Waals surface area contributed by atoms with E-state index < -0.39 is 0 Å². The van der Waals surface area contributed by atoms with E-state index in [-0.39, 0.29) is 6.61 Å². The maximum atomic E-state index is 12.3. The molecular formula is C28H58N2O2. The molecule has 0 rings (SSSR count). The summed E-state index contributed by atoms with van der Waals surface area (Å²) in [6.45, 7) is 8.76. The van der Waals surface area contributed by atoms with Gasteiger partial charge < -0.3 is 14.9 Å². The Morgan fingerprint density at radius 3 is 1.44 bits per heavy atom. The molecular weight excluding hydrogens is 396 g/mol. The summed E-state index contributed by atoms with van der Waals surface area (Å²) in [6.07, 6.45) is 23.6. The van der Waals surface area contributed by atoms with Crippen molar-refractivity contribution in [3.8, 4) is 0 Å². The Kier molecular flexibility index (Phi) is 24.5. The minimum atomic E-state index is 0.268. The van der Waals surface area contributed by atoms with Gasteiger partial charge >= 0.3 is 0 Å². The number of carbonyl (C=O) groups is 1. The van der Waals surface area contributed by atoms with E-state index in [2.05, 4.69) is 18.7 Å². The molecule has 0 unspecified atom stereocenters. The van der Waals surface area contributed by atoms with E-state index in [0.29, 0.717) is 12.3 Å². The summed E-state index contributed by atoms with van der Waals surface area (Å²) in [4.78, 5) is 16.7. The largest absolute Gasteiger partial charge is 0.395 e. The monoisotopic (exact) mass is 454 g/mol. The van der Waals surface area contributed by atoms with Crippen LogP contribution in [0.2, 0.25) is 0 Å². The molecule has 1 N–H and O–H groups in total. The second-order valence-electron chi connectivity index (χ2n) is 9.79. The van der Waals surface area contributed by atoms with Gasteiger partial charge in [0, 0.05) is 26.6 Å². The first-order valence-electron chi connectivity index (χ1n) is 14.2. The van der Waals surface area contributed by atoms with Crippen LogP contribution < -0.4 is 0 Å². The van der Waals surface area contributed by atoms with Gasteiger partial charge in [-0.1, -0.05) is 104 Å². The fraction of sp³-hybridized carbons (Fsp3) is 0.964. The zero-order chi connectivity index (χ0) is 23.7. The van der Waals surface area contributed by atoms with Gasteiger partial charge in [0.2, 0.25) is 5.91 Å². The standard InChI is InChI=1S/C28H58N2O2/c1-4-6-8-10-12-15-19-23-29(3)28(32)22-18-14-13-17-21-25-30(26-27-31)24-20-16-11-9-7-5-2/h31H,4-27H2,1-3H3. The number of nitrogens with zero attached hydrogens (tertiary/aromatic N) is 2. The van der Waals surface area contributed by atoms with Crippen LogP contribution in [0.1, 0.15) is 136 Å². The summed E-state index contributed by atoms with van der Waals surface area (Å²) in [7, 11) is 1.97. The average Bonchev–Trinajstić information content (AvgIpc) is 2.79. The van der Waals surface area contributed by atoms with E-state index in [1.807, 2.05) is 11.9 Å². The number of amides is 1. The lowest BCUT2D eigenvalue weighted by molar-refractivity contribution is -0.130. The van der Waals surface area contributed by atoms with E-state index in [1.165, 1.54) is 96.3 Å². The van der Waals surface area contributed by atoms with Crippen molar-refractivity contribution in [2.75, 3.05) is 39.8 Å². The highest BCUT2D eigenvalue weighted by Gasteiger charge is 2.08.